The summed E-state index contributed by atoms with van der Waals surface area (Å²) in [7, 11) is 0. The van der Waals surface area contributed by atoms with Crippen molar-refractivity contribution >= 4 is 29.0 Å². The summed E-state index contributed by atoms with van der Waals surface area (Å²) < 4.78 is 0. The van der Waals surface area contributed by atoms with E-state index in [0.29, 0.717) is 17.8 Å². The van der Waals surface area contributed by atoms with Crippen LogP contribution in [0.5, 0.6) is 0 Å². The Hall–Kier alpha value is -1.00. The minimum atomic E-state index is -0.0263. The van der Waals surface area contributed by atoms with Gasteiger partial charge in [-0.1, -0.05) is 11.8 Å². The highest BCUT2D eigenvalue weighted by molar-refractivity contribution is 7.99. The molecule has 0 bridgehead atoms. The van der Waals surface area contributed by atoms with E-state index >= 15 is 0 Å². The number of hydrogen-bond acceptors (Lipinski definition) is 5. The first-order valence-corrected chi connectivity index (χ1v) is 9.04. The van der Waals surface area contributed by atoms with Crippen molar-refractivity contribution in [2.24, 2.45) is 0 Å². The van der Waals surface area contributed by atoms with Crippen LogP contribution in [0.15, 0.2) is 12.1 Å². The number of thioether (sulfide) groups is 1. The van der Waals surface area contributed by atoms with Gasteiger partial charge in [0.2, 0.25) is 0 Å². The van der Waals surface area contributed by atoms with E-state index in [1.165, 1.54) is 22.8 Å². The standard InChI is InChI=1S/C15H20N2O2S2/c18-10-2-1-3-13-4-5-14(21-13)15(19)16-6-7-17-8-11-20-12-9-17/h4-5,18H,2,6-12H2,(H,16,19). The molecule has 2 rings (SSSR count). The number of hydrogen-bond donors (Lipinski definition) is 2. The van der Waals surface area contributed by atoms with Gasteiger partial charge < -0.3 is 10.4 Å². The summed E-state index contributed by atoms with van der Waals surface area (Å²) in [4.78, 5) is 16.0. The molecule has 1 saturated heterocycles. The second-order valence-electron chi connectivity index (χ2n) is 4.65. The smallest absolute Gasteiger partial charge is 0.261 e. The molecule has 21 heavy (non-hydrogen) atoms. The maximum absolute atomic E-state index is 12.0. The van der Waals surface area contributed by atoms with Crippen molar-refractivity contribution in [3.05, 3.63) is 21.9 Å². The average molecular weight is 324 g/mol. The molecule has 0 aliphatic carbocycles. The molecule has 2 heterocycles. The largest absolute Gasteiger partial charge is 0.395 e. The van der Waals surface area contributed by atoms with Crippen LogP contribution >= 0.6 is 23.1 Å². The Labute approximate surface area is 133 Å². The molecule has 0 radical (unpaired) electrons. The first kappa shape index (κ1) is 16.4. The zero-order valence-corrected chi connectivity index (χ0v) is 13.6. The summed E-state index contributed by atoms with van der Waals surface area (Å²) in [5, 5.41) is 11.6. The Bertz CT molecular complexity index is 513. The Morgan fingerprint density at radius 2 is 2.19 bits per heavy atom. The number of rotatable bonds is 5. The maximum atomic E-state index is 12.0. The zero-order chi connectivity index (χ0) is 14.9. The van der Waals surface area contributed by atoms with Gasteiger partial charge in [-0.15, -0.1) is 11.3 Å². The van der Waals surface area contributed by atoms with Crippen LogP contribution in [0.4, 0.5) is 0 Å². The first-order chi connectivity index (χ1) is 10.3. The molecular formula is C15H20N2O2S2. The molecule has 6 heteroatoms. The fourth-order valence-electron chi connectivity index (χ4n) is 1.97. The lowest BCUT2D eigenvalue weighted by molar-refractivity contribution is 0.0953. The molecule has 4 nitrogen and oxygen atoms in total. The molecule has 1 aliphatic heterocycles. The third kappa shape index (κ3) is 5.71. The Balaban J connectivity index is 1.74. The van der Waals surface area contributed by atoms with Gasteiger partial charge in [-0.25, -0.2) is 0 Å². The monoisotopic (exact) mass is 324 g/mol. The number of carbonyl (C=O) groups is 1. The lowest BCUT2D eigenvalue weighted by Crippen LogP contribution is -2.39. The molecule has 0 spiro atoms. The maximum Gasteiger partial charge on any atom is 0.261 e. The van der Waals surface area contributed by atoms with Crippen molar-refractivity contribution < 1.29 is 9.90 Å². The third-order valence-electron chi connectivity index (χ3n) is 3.10. The SMILES string of the molecule is O=C(NCCN1CCSCC1)c1ccc(C#CCCO)s1. The van der Waals surface area contributed by atoms with Crippen LogP contribution in [-0.4, -0.2) is 60.2 Å². The van der Waals surface area contributed by atoms with Crippen LogP contribution in [0, 0.1) is 11.8 Å². The van der Waals surface area contributed by atoms with Crippen molar-refractivity contribution in [3.8, 4) is 11.8 Å². The predicted molar refractivity (Wildman–Crippen MR) is 89.0 cm³/mol. The van der Waals surface area contributed by atoms with E-state index in [1.54, 1.807) is 6.07 Å². The molecule has 0 atom stereocenters. The second-order valence-corrected chi connectivity index (χ2v) is 6.96. The van der Waals surface area contributed by atoms with E-state index in [4.69, 9.17) is 5.11 Å². The Morgan fingerprint density at radius 1 is 1.38 bits per heavy atom. The first-order valence-electron chi connectivity index (χ1n) is 7.07. The summed E-state index contributed by atoms with van der Waals surface area (Å²) in [5.41, 5.74) is 0. The van der Waals surface area contributed by atoms with Gasteiger partial charge in [0.25, 0.3) is 5.91 Å². The number of nitrogens with one attached hydrogen (secondary N) is 1. The van der Waals surface area contributed by atoms with Gasteiger partial charge in [-0.3, -0.25) is 9.69 Å². The van der Waals surface area contributed by atoms with Crippen molar-refractivity contribution in [2.45, 2.75) is 6.42 Å². The van der Waals surface area contributed by atoms with E-state index in [1.807, 2.05) is 17.8 Å². The number of nitrogens with zero attached hydrogens (tertiary/aromatic N) is 1. The van der Waals surface area contributed by atoms with Crippen molar-refractivity contribution in [2.75, 3.05) is 44.3 Å². The van der Waals surface area contributed by atoms with Crippen molar-refractivity contribution in [1.82, 2.24) is 10.2 Å². The van der Waals surface area contributed by atoms with Gasteiger partial charge >= 0.3 is 0 Å². The number of aliphatic hydroxyl groups excluding tert-OH is 1. The molecule has 114 valence electrons. The quantitative estimate of drug-likeness (QED) is 0.801. The predicted octanol–water partition coefficient (Wildman–Crippen LogP) is 1.26. The van der Waals surface area contributed by atoms with Crippen LogP contribution in [-0.2, 0) is 0 Å². The number of carbonyl (C=O) groups excluding carboxylic acids is 1. The number of thiophene rings is 1. The van der Waals surface area contributed by atoms with Crippen LogP contribution in [0.25, 0.3) is 0 Å². The van der Waals surface area contributed by atoms with Crippen LogP contribution in [0.2, 0.25) is 0 Å². The molecule has 0 unspecified atom stereocenters. The number of aliphatic hydroxyl groups is 1. The average Bonchev–Trinajstić information content (AvgIpc) is 2.97. The van der Waals surface area contributed by atoms with Gasteiger partial charge in [0.05, 0.1) is 16.4 Å². The number of amides is 1. The highest BCUT2D eigenvalue weighted by Crippen LogP contribution is 2.15. The summed E-state index contributed by atoms with van der Waals surface area (Å²) in [6, 6.07) is 3.66. The van der Waals surface area contributed by atoms with Gasteiger partial charge in [0, 0.05) is 44.1 Å². The Kier molecular flexibility index (Phi) is 7.10. The normalized spacial score (nSPS) is 15.3. The fourth-order valence-corrected chi connectivity index (χ4v) is 3.75. The summed E-state index contributed by atoms with van der Waals surface area (Å²) >= 11 is 3.38. The van der Waals surface area contributed by atoms with Crippen LogP contribution < -0.4 is 5.32 Å². The van der Waals surface area contributed by atoms with E-state index in [2.05, 4.69) is 22.1 Å². The van der Waals surface area contributed by atoms with Gasteiger partial charge in [-0.2, -0.15) is 11.8 Å². The molecule has 0 aromatic carbocycles. The highest BCUT2D eigenvalue weighted by atomic mass is 32.2. The zero-order valence-electron chi connectivity index (χ0n) is 11.9. The van der Waals surface area contributed by atoms with Crippen molar-refractivity contribution in [1.29, 1.82) is 0 Å². The van der Waals surface area contributed by atoms with Crippen LogP contribution in [0.1, 0.15) is 21.0 Å². The van der Waals surface area contributed by atoms with E-state index in [-0.39, 0.29) is 12.5 Å². The van der Waals surface area contributed by atoms with Gasteiger partial charge in [0.1, 0.15) is 0 Å². The molecule has 1 amide bonds. The minimum absolute atomic E-state index is 0.0263. The molecule has 1 aromatic heterocycles. The van der Waals surface area contributed by atoms with Crippen LogP contribution in [0.3, 0.4) is 0 Å². The molecule has 1 aliphatic rings. The summed E-state index contributed by atoms with van der Waals surface area (Å²) in [5.74, 6) is 8.16. The molecule has 1 aromatic rings. The van der Waals surface area contributed by atoms with Gasteiger partial charge in [-0.05, 0) is 12.1 Å². The topological polar surface area (TPSA) is 52.6 Å². The molecule has 0 saturated carbocycles. The fraction of sp³-hybridized carbons (Fsp3) is 0.533. The van der Waals surface area contributed by atoms with E-state index in [9.17, 15) is 4.79 Å². The minimum Gasteiger partial charge on any atom is -0.395 e. The third-order valence-corrected chi connectivity index (χ3v) is 5.04. The summed E-state index contributed by atoms with van der Waals surface area (Å²) in [6.07, 6.45) is 0.466. The van der Waals surface area contributed by atoms with E-state index < -0.39 is 0 Å². The van der Waals surface area contributed by atoms with Gasteiger partial charge in [0.15, 0.2) is 0 Å². The lowest BCUT2D eigenvalue weighted by Gasteiger charge is -2.25. The molecule has 1 fully saturated rings. The van der Waals surface area contributed by atoms with E-state index in [0.717, 1.165) is 24.5 Å². The highest BCUT2D eigenvalue weighted by Gasteiger charge is 2.11. The lowest BCUT2D eigenvalue weighted by atomic mass is 10.3. The molecule has 2 N–H and O–H groups in total. The van der Waals surface area contributed by atoms with Crippen molar-refractivity contribution in [3.63, 3.8) is 0 Å². The molecular weight excluding hydrogens is 304 g/mol. The Morgan fingerprint density at radius 3 is 2.95 bits per heavy atom. The summed E-state index contributed by atoms with van der Waals surface area (Å²) in [6.45, 7) is 3.91. The second kappa shape index (κ2) is 9.11.